The average molecular weight is 287 g/mol. The lowest BCUT2D eigenvalue weighted by Gasteiger charge is -2.07. The molecule has 2 nitrogen and oxygen atoms in total. The molecule has 6 heteroatoms. The van der Waals surface area contributed by atoms with E-state index in [1.807, 2.05) is 6.92 Å². The van der Waals surface area contributed by atoms with Crippen LogP contribution in [0.15, 0.2) is 29.6 Å². The third-order valence-corrected chi connectivity index (χ3v) is 3.65. The summed E-state index contributed by atoms with van der Waals surface area (Å²) >= 11 is 1.28. The van der Waals surface area contributed by atoms with Gasteiger partial charge in [-0.3, -0.25) is 0 Å². The first kappa shape index (κ1) is 14.0. The van der Waals surface area contributed by atoms with Crippen molar-refractivity contribution in [3.8, 4) is 10.6 Å². The molecular formula is C13H12F3NOS. The molecule has 1 N–H and O–H groups in total. The van der Waals surface area contributed by atoms with E-state index in [1.54, 1.807) is 11.4 Å². The Morgan fingerprint density at radius 3 is 2.74 bits per heavy atom. The van der Waals surface area contributed by atoms with Crippen molar-refractivity contribution in [3.05, 3.63) is 40.9 Å². The molecule has 102 valence electrons. The van der Waals surface area contributed by atoms with Gasteiger partial charge in [0.2, 0.25) is 0 Å². The second-order valence-electron chi connectivity index (χ2n) is 4.24. The van der Waals surface area contributed by atoms with Gasteiger partial charge >= 0.3 is 6.18 Å². The van der Waals surface area contributed by atoms with Crippen molar-refractivity contribution in [2.24, 2.45) is 0 Å². The smallest absolute Gasteiger partial charge is 0.396 e. The van der Waals surface area contributed by atoms with Crippen molar-refractivity contribution in [3.63, 3.8) is 0 Å². The lowest BCUT2D eigenvalue weighted by Crippen LogP contribution is -2.04. The molecule has 0 radical (unpaired) electrons. The number of hydrogen-bond acceptors (Lipinski definition) is 3. The predicted octanol–water partition coefficient (Wildman–Crippen LogP) is 3.92. The number of aliphatic hydroxyl groups excluding tert-OH is 1. The Hall–Kier alpha value is -1.40. The number of hydrogen-bond donors (Lipinski definition) is 1. The maximum absolute atomic E-state index is 12.6. The van der Waals surface area contributed by atoms with Gasteiger partial charge in [-0.2, -0.15) is 13.2 Å². The van der Waals surface area contributed by atoms with Crippen LogP contribution in [0, 0.1) is 0 Å². The minimum atomic E-state index is -4.35. The summed E-state index contributed by atoms with van der Waals surface area (Å²) in [4.78, 5) is 4.27. The summed E-state index contributed by atoms with van der Waals surface area (Å²) in [6.45, 7) is 1.77. The van der Waals surface area contributed by atoms with Crippen LogP contribution in [-0.4, -0.2) is 16.7 Å². The molecule has 1 unspecified atom stereocenters. The van der Waals surface area contributed by atoms with Crippen molar-refractivity contribution in [1.82, 2.24) is 4.98 Å². The van der Waals surface area contributed by atoms with Gasteiger partial charge in [-0.05, 0) is 12.1 Å². The average Bonchev–Trinajstić information content (AvgIpc) is 2.86. The summed E-state index contributed by atoms with van der Waals surface area (Å²) in [5, 5.41) is 11.3. The monoisotopic (exact) mass is 287 g/mol. The molecular weight excluding hydrogens is 275 g/mol. The van der Waals surface area contributed by atoms with E-state index in [4.69, 9.17) is 5.11 Å². The van der Waals surface area contributed by atoms with E-state index in [-0.39, 0.29) is 12.5 Å². The Kier molecular flexibility index (Phi) is 3.91. The number of alkyl halides is 3. The molecule has 0 aliphatic heterocycles. The maximum atomic E-state index is 12.6. The summed E-state index contributed by atoms with van der Waals surface area (Å²) in [7, 11) is 0. The molecule has 0 saturated heterocycles. The number of halogens is 3. The van der Waals surface area contributed by atoms with Crippen LogP contribution in [0.4, 0.5) is 13.2 Å². The summed E-state index contributed by atoms with van der Waals surface area (Å²) in [6.07, 6.45) is -4.35. The van der Waals surface area contributed by atoms with E-state index in [9.17, 15) is 13.2 Å². The summed E-state index contributed by atoms with van der Waals surface area (Å²) in [6, 6.07) is 5.09. The molecule has 1 aromatic carbocycles. The van der Waals surface area contributed by atoms with E-state index in [2.05, 4.69) is 4.98 Å². The second kappa shape index (κ2) is 5.30. The molecule has 0 amide bonds. The Bertz CT molecular complexity index is 565. The number of rotatable bonds is 3. The van der Waals surface area contributed by atoms with E-state index in [1.165, 1.54) is 17.4 Å². The quantitative estimate of drug-likeness (QED) is 0.928. The number of aromatic nitrogens is 1. The second-order valence-corrected chi connectivity index (χ2v) is 5.10. The van der Waals surface area contributed by atoms with E-state index in [0.717, 1.165) is 12.1 Å². The zero-order valence-electron chi connectivity index (χ0n) is 10.1. The Balaban J connectivity index is 2.34. The van der Waals surface area contributed by atoms with Crippen LogP contribution in [0.5, 0.6) is 0 Å². The Labute approximate surface area is 112 Å². The number of aliphatic hydroxyl groups is 1. The minimum Gasteiger partial charge on any atom is -0.396 e. The van der Waals surface area contributed by atoms with Crippen LogP contribution in [0.2, 0.25) is 0 Å². The predicted molar refractivity (Wildman–Crippen MR) is 68.1 cm³/mol. The van der Waals surface area contributed by atoms with Crippen LogP contribution in [0.25, 0.3) is 10.6 Å². The highest BCUT2D eigenvalue weighted by Gasteiger charge is 2.30. The van der Waals surface area contributed by atoms with Crippen LogP contribution >= 0.6 is 11.3 Å². The van der Waals surface area contributed by atoms with E-state index >= 15 is 0 Å². The van der Waals surface area contributed by atoms with Gasteiger partial charge in [0.25, 0.3) is 0 Å². The number of benzene rings is 1. The lowest BCUT2D eigenvalue weighted by molar-refractivity contribution is -0.137. The van der Waals surface area contributed by atoms with Gasteiger partial charge < -0.3 is 5.11 Å². The van der Waals surface area contributed by atoms with Gasteiger partial charge in [0, 0.05) is 16.9 Å². The van der Waals surface area contributed by atoms with Gasteiger partial charge in [0.15, 0.2) is 0 Å². The first-order valence-corrected chi connectivity index (χ1v) is 6.53. The summed E-state index contributed by atoms with van der Waals surface area (Å²) in [5.74, 6) is -0.115. The van der Waals surface area contributed by atoms with E-state index in [0.29, 0.717) is 16.3 Å². The fourth-order valence-electron chi connectivity index (χ4n) is 1.57. The molecule has 1 aromatic heterocycles. The molecule has 0 fully saturated rings. The van der Waals surface area contributed by atoms with Crippen molar-refractivity contribution in [2.75, 3.05) is 6.61 Å². The zero-order chi connectivity index (χ0) is 14.0. The summed E-state index contributed by atoms with van der Waals surface area (Å²) in [5.41, 5.74) is 0.452. The van der Waals surface area contributed by atoms with Gasteiger partial charge in [-0.1, -0.05) is 19.1 Å². The van der Waals surface area contributed by atoms with Crippen LogP contribution < -0.4 is 0 Å². The van der Waals surface area contributed by atoms with Gasteiger partial charge in [0.1, 0.15) is 5.01 Å². The first-order valence-electron chi connectivity index (χ1n) is 5.65. The first-order chi connectivity index (χ1) is 8.91. The Morgan fingerprint density at radius 2 is 2.11 bits per heavy atom. The standard InChI is InChI=1S/C13H12F3NOS/c1-8(6-18)11-7-19-12(17-11)9-3-2-4-10(5-9)13(14,15)16/h2-5,7-8,18H,6H2,1H3. The fraction of sp³-hybridized carbons (Fsp3) is 0.308. The molecule has 2 aromatic rings. The highest BCUT2D eigenvalue weighted by Crippen LogP contribution is 2.33. The van der Waals surface area contributed by atoms with Crippen LogP contribution in [0.1, 0.15) is 24.1 Å². The normalized spacial score (nSPS) is 13.5. The molecule has 1 atom stereocenters. The minimum absolute atomic E-state index is 0.0359. The van der Waals surface area contributed by atoms with Crippen molar-refractivity contribution >= 4 is 11.3 Å². The van der Waals surface area contributed by atoms with Crippen LogP contribution in [-0.2, 0) is 6.18 Å². The highest BCUT2D eigenvalue weighted by atomic mass is 32.1. The third kappa shape index (κ3) is 3.13. The van der Waals surface area contributed by atoms with Crippen LogP contribution in [0.3, 0.4) is 0 Å². The molecule has 0 spiro atoms. The molecule has 2 rings (SSSR count). The molecule has 1 heterocycles. The lowest BCUT2D eigenvalue weighted by atomic mass is 10.1. The third-order valence-electron chi connectivity index (χ3n) is 2.74. The van der Waals surface area contributed by atoms with Crippen molar-refractivity contribution < 1.29 is 18.3 Å². The molecule has 0 aliphatic carbocycles. The number of nitrogens with zero attached hydrogens (tertiary/aromatic N) is 1. The maximum Gasteiger partial charge on any atom is 0.416 e. The Morgan fingerprint density at radius 1 is 1.37 bits per heavy atom. The summed E-state index contributed by atoms with van der Waals surface area (Å²) < 4.78 is 37.9. The molecule has 19 heavy (non-hydrogen) atoms. The fourth-order valence-corrected chi connectivity index (χ4v) is 2.51. The highest BCUT2D eigenvalue weighted by molar-refractivity contribution is 7.13. The van der Waals surface area contributed by atoms with Crippen molar-refractivity contribution in [1.29, 1.82) is 0 Å². The molecule has 0 aliphatic rings. The number of thiazole rings is 1. The molecule has 0 saturated carbocycles. The van der Waals surface area contributed by atoms with Gasteiger partial charge in [-0.15, -0.1) is 11.3 Å². The topological polar surface area (TPSA) is 33.1 Å². The van der Waals surface area contributed by atoms with Gasteiger partial charge in [0.05, 0.1) is 17.9 Å². The molecule has 0 bridgehead atoms. The van der Waals surface area contributed by atoms with Crippen molar-refractivity contribution in [2.45, 2.75) is 19.0 Å². The van der Waals surface area contributed by atoms with E-state index < -0.39 is 11.7 Å². The zero-order valence-corrected chi connectivity index (χ0v) is 10.9. The largest absolute Gasteiger partial charge is 0.416 e. The SMILES string of the molecule is CC(CO)c1csc(-c2cccc(C(F)(F)F)c2)n1. The van der Waals surface area contributed by atoms with Gasteiger partial charge in [-0.25, -0.2) is 4.98 Å².